The number of carbonyl (C=O) groups excluding carboxylic acids is 1. The minimum absolute atomic E-state index is 0.265. The van der Waals surface area contributed by atoms with Crippen molar-refractivity contribution in [2.75, 3.05) is 5.32 Å². The molecule has 0 saturated heterocycles. The van der Waals surface area contributed by atoms with Gasteiger partial charge in [0.05, 0.1) is 6.61 Å². The van der Waals surface area contributed by atoms with Crippen LogP contribution in [-0.4, -0.2) is 17.7 Å². The summed E-state index contributed by atoms with van der Waals surface area (Å²) in [6, 6.07) is 25.6. The Bertz CT molecular complexity index is 1340. The monoisotopic (exact) mass is 517 g/mol. The highest BCUT2D eigenvalue weighted by Crippen LogP contribution is 2.45. The molecule has 37 heavy (non-hydrogen) atoms. The normalized spacial score (nSPS) is 17.9. The summed E-state index contributed by atoms with van der Waals surface area (Å²) in [6.45, 7) is 4.68. The minimum atomic E-state index is -0.829. The van der Waals surface area contributed by atoms with Gasteiger partial charge in [0, 0.05) is 17.8 Å². The Morgan fingerprint density at radius 1 is 1.00 bits per heavy atom. The van der Waals surface area contributed by atoms with Crippen molar-refractivity contribution < 1.29 is 23.4 Å². The quantitative estimate of drug-likeness (QED) is 0.252. The van der Waals surface area contributed by atoms with Gasteiger partial charge in [0.2, 0.25) is 0 Å². The average molecular weight is 518 g/mol. The van der Waals surface area contributed by atoms with Gasteiger partial charge in [0.1, 0.15) is 28.1 Å². The molecule has 0 spiro atoms. The fourth-order valence-electron chi connectivity index (χ4n) is 4.36. The van der Waals surface area contributed by atoms with Crippen molar-refractivity contribution in [1.82, 2.24) is 0 Å². The Hall–Kier alpha value is -3.68. The number of nitrogens with one attached hydrogen (secondary N) is 1. The number of fused-ring (bicyclic) bond motifs is 1. The Balaban J connectivity index is 1.44. The second-order valence-corrected chi connectivity index (χ2v) is 10.4. The Labute approximate surface area is 219 Å². The van der Waals surface area contributed by atoms with E-state index in [9.17, 15) is 9.18 Å². The molecule has 0 saturated carbocycles. The first kappa shape index (κ1) is 25.0. The fourth-order valence-corrected chi connectivity index (χ4v) is 4.96. The Morgan fingerprint density at radius 2 is 1.78 bits per heavy atom. The minimum Gasteiger partial charge on any atom is -0.483 e. The second kappa shape index (κ2) is 10.7. The lowest BCUT2D eigenvalue weighted by atomic mass is 9.87. The van der Waals surface area contributed by atoms with E-state index in [1.807, 2.05) is 73.8 Å². The number of thiophene rings is 1. The van der Waals surface area contributed by atoms with E-state index in [1.54, 1.807) is 18.2 Å². The van der Waals surface area contributed by atoms with Gasteiger partial charge in [-0.05, 0) is 66.8 Å². The van der Waals surface area contributed by atoms with Crippen molar-refractivity contribution in [2.45, 2.75) is 44.8 Å². The molecule has 1 aromatic heterocycles. The predicted octanol–water partition coefficient (Wildman–Crippen LogP) is 7.15. The molecule has 2 heterocycles. The maximum Gasteiger partial charge on any atom is 0.348 e. The summed E-state index contributed by atoms with van der Waals surface area (Å²) < 4.78 is 32.1. The van der Waals surface area contributed by atoms with Gasteiger partial charge in [0.15, 0.2) is 6.10 Å². The number of esters is 1. The zero-order chi connectivity index (χ0) is 25.8. The molecule has 5 rings (SSSR count). The number of ether oxygens (including phenoxy) is 3. The zero-order valence-electron chi connectivity index (χ0n) is 20.6. The van der Waals surface area contributed by atoms with E-state index in [4.69, 9.17) is 14.2 Å². The van der Waals surface area contributed by atoms with Crippen LogP contribution in [-0.2, 0) is 22.6 Å². The average Bonchev–Trinajstić information content (AvgIpc) is 3.44. The molecule has 0 aliphatic carbocycles. The number of benzene rings is 3. The Morgan fingerprint density at radius 3 is 2.51 bits per heavy atom. The molecule has 2 atom stereocenters. The molecular weight excluding hydrogens is 489 g/mol. The Kier molecular flexibility index (Phi) is 7.26. The van der Waals surface area contributed by atoms with Crippen molar-refractivity contribution in [3.05, 3.63) is 118 Å². The summed E-state index contributed by atoms with van der Waals surface area (Å²) in [6.07, 6.45) is -1.25. The largest absolute Gasteiger partial charge is 0.483 e. The predicted molar refractivity (Wildman–Crippen MR) is 142 cm³/mol. The van der Waals surface area contributed by atoms with E-state index in [1.165, 1.54) is 23.5 Å². The molecule has 3 aromatic carbocycles. The van der Waals surface area contributed by atoms with Gasteiger partial charge >= 0.3 is 5.97 Å². The number of hydrogen-bond acceptors (Lipinski definition) is 6. The van der Waals surface area contributed by atoms with Crippen LogP contribution in [0.4, 0.5) is 10.1 Å². The first-order valence-corrected chi connectivity index (χ1v) is 13.0. The van der Waals surface area contributed by atoms with Crippen LogP contribution in [0.25, 0.3) is 0 Å². The number of anilines is 1. The molecule has 2 unspecified atom stereocenters. The number of halogens is 1. The second-order valence-electron chi connectivity index (χ2n) is 9.46. The zero-order valence-corrected chi connectivity index (χ0v) is 21.5. The van der Waals surface area contributed by atoms with E-state index in [0.717, 1.165) is 22.4 Å². The lowest BCUT2D eigenvalue weighted by Gasteiger charge is -2.43. The van der Waals surface area contributed by atoms with Gasteiger partial charge < -0.3 is 19.5 Å². The van der Waals surface area contributed by atoms with Crippen LogP contribution in [0, 0.1) is 5.82 Å². The van der Waals surface area contributed by atoms with E-state index < -0.39 is 23.8 Å². The highest BCUT2D eigenvalue weighted by Gasteiger charge is 2.47. The number of hydrogen-bond donors (Lipinski definition) is 1. The lowest BCUT2D eigenvalue weighted by Crippen LogP contribution is -2.51. The molecular formula is C30H28FNO4S. The van der Waals surface area contributed by atoms with Crippen molar-refractivity contribution in [3.8, 4) is 5.75 Å². The highest BCUT2D eigenvalue weighted by atomic mass is 32.1. The number of rotatable bonds is 8. The third kappa shape index (κ3) is 5.84. The molecule has 1 N–H and O–H groups in total. The number of carbonyl (C=O) groups is 1. The third-order valence-electron chi connectivity index (χ3n) is 6.29. The van der Waals surface area contributed by atoms with Crippen LogP contribution in [0.3, 0.4) is 0 Å². The smallest absolute Gasteiger partial charge is 0.348 e. The molecule has 5 nitrogen and oxygen atoms in total. The van der Waals surface area contributed by atoms with Crippen LogP contribution in [0.15, 0.2) is 90.3 Å². The maximum absolute atomic E-state index is 13.3. The van der Waals surface area contributed by atoms with E-state index in [0.29, 0.717) is 23.8 Å². The lowest BCUT2D eigenvalue weighted by molar-refractivity contribution is -0.143. The summed E-state index contributed by atoms with van der Waals surface area (Å²) in [5.41, 5.74) is 2.79. The molecule has 0 amide bonds. The van der Waals surface area contributed by atoms with Gasteiger partial charge in [-0.2, -0.15) is 0 Å². The summed E-state index contributed by atoms with van der Waals surface area (Å²) in [4.78, 5) is 13.5. The molecule has 0 fully saturated rings. The molecule has 1 aliphatic rings. The molecule has 0 radical (unpaired) electrons. The SMILES string of the molecule is CC1(C)Oc2ccc(NCc3ccc(F)cc3)cc2C(OCc2ccccc2)C1OC(=O)c1cccs1. The van der Waals surface area contributed by atoms with Gasteiger partial charge in [-0.25, -0.2) is 9.18 Å². The van der Waals surface area contributed by atoms with Crippen molar-refractivity contribution >= 4 is 23.0 Å². The summed E-state index contributed by atoms with van der Waals surface area (Å²) in [5, 5.41) is 5.23. The van der Waals surface area contributed by atoms with Crippen LogP contribution >= 0.6 is 11.3 Å². The third-order valence-corrected chi connectivity index (χ3v) is 7.14. The van der Waals surface area contributed by atoms with Crippen LogP contribution in [0.1, 0.15) is 46.3 Å². The molecule has 1 aliphatic heterocycles. The van der Waals surface area contributed by atoms with Gasteiger partial charge in [-0.15, -0.1) is 11.3 Å². The molecule has 7 heteroatoms. The summed E-state index contributed by atoms with van der Waals surface area (Å²) in [5.74, 6) is 0.0108. The van der Waals surface area contributed by atoms with Gasteiger partial charge in [-0.1, -0.05) is 48.5 Å². The first-order chi connectivity index (χ1) is 17.9. The van der Waals surface area contributed by atoms with Crippen molar-refractivity contribution in [1.29, 1.82) is 0 Å². The van der Waals surface area contributed by atoms with E-state index in [2.05, 4.69) is 5.32 Å². The summed E-state index contributed by atoms with van der Waals surface area (Å²) in [7, 11) is 0. The van der Waals surface area contributed by atoms with Gasteiger partial charge in [-0.3, -0.25) is 0 Å². The van der Waals surface area contributed by atoms with Gasteiger partial charge in [0.25, 0.3) is 0 Å². The van der Waals surface area contributed by atoms with E-state index >= 15 is 0 Å². The van der Waals surface area contributed by atoms with Crippen LogP contribution in [0.2, 0.25) is 0 Å². The molecule has 0 bridgehead atoms. The molecule has 4 aromatic rings. The molecule has 190 valence electrons. The van der Waals surface area contributed by atoms with E-state index in [-0.39, 0.29) is 5.82 Å². The van der Waals surface area contributed by atoms with Crippen LogP contribution < -0.4 is 10.1 Å². The maximum atomic E-state index is 13.3. The van der Waals surface area contributed by atoms with Crippen molar-refractivity contribution in [3.63, 3.8) is 0 Å². The fraction of sp³-hybridized carbons (Fsp3) is 0.233. The standard InChI is InChI=1S/C30H28FNO4S/c1-30(2)28(35-29(33)26-9-6-16-37-26)27(34-19-21-7-4-3-5-8-21)24-17-23(14-15-25(24)36-30)32-18-20-10-12-22(31)13-11-20/h3-17,27-28,32H,18-19H2,1-2H3. The van der Waals surface area contributed by atoms with Crippen LogP contribution in [0.5, 0.6) is 5.75 Å². The highest BCUT2D eigenvalue weighted by molar-refractivity contribution is 7.11. The van der Waals surface area contributed by atoms with Crippen molar-refractivity contribution in [2.24, 2.45) is 0 Å². The summed E-state index contributed by atoms with van der Waals surface area (Å²) >= 11 is 1.33. The first-order valence-electron chi connectivity index (χ1n) is 12.1. The topological polar surface area (TPSA) is 56.8 Å².